The highest BCUT2D eigenvalue weighted by Crippen LogP contribution is 2.62. The van der Waals surface area contributed by atoms with Crippen LogP contribution in [0.15, 0.2) is 103 Å². The average molecular weight is 558 g/mol. The molecule has 2 aliphatic heterocycles. The van der Waals surface area contributed by atoms with Gasteiger partial charge in [-0.15, -0.1) is 0 Å². The van der Waals surface area contributed by atoms with Crippen LogP contribution in [0.3, 0.4) is 0 Å². The van der Waals surface area contributed by atoms with Gasteiger partial charge in [0.25, 0.3) is 0 Å². The van der Waals surface area contributed by atoms with Crippen molar-refractivity contribution in [1.29, 1.82) is 0 Å². The van der Waals surface area contributed by atoms with Crippen LogP contribution in [0.1, 0.15) is 55.0 Å². The van der Waals surface area contributed by atoms with Gasteiger partial charge in [-0.25, -0.2) is 4.39 Å². The molecule has 0 amide bonds. The number of benzene rings is 4. The van der Waals surface area contributed by atoms with Gasteiger partial charge in [-0.05, 0) is 23.8 Å². The second-order valence-corrected chi connectivity index (χ2v) is 10.8. The molecule has 4 aromatic rings. The van der Waals surface area contributed by atoms with E-state index in [1.165, 1.54) is 31.2 Å². The van der Waals surface area contributed by atoms with E-state index >= 15 is 0 Å². The summed E-state index contributed by atoms with van der Waals surface area (Å²) >= 11 is 0. The van der Waals surface area contributed by atoms with Crippen LogP contribution in [0.2, 0.25) is 0 Å². The van der Waals surface area contributed by atoms with Crippen LogP contribution in [0, 0.1) is 11.2 Å². The number of para-hydroxylation sites is 1. The number of fused-ring (bicyclic) bond motifs is 5. The third-order valence-corrected chi connectivity index (χ3v) is 8.60. The van der Waals surface area contributed by atoms with Crippen molar-refractivity contribution in [2.45, 2.75) is 24.9 Å². The minimum Gasteiger partial charge on any atom is -0.424 e. The van der Waals surface area contributed by atoms with E-state index in [-0.39, 0.29) is 22.7 Å². The van der Waals surface area contributed by atoms with Gasteiger partial charge in [0, 0.05) is 35.1 Å². The Balaban J connectivity index is 1.57. The predicted octanol–water partition coefficient (Wildman–Crippen LogP) is 6.07. The summed E-state index contributed by atoms with van der Waals surface area (Å²) in [7, 11) is 0. The molecule has 7 heteroatoms. The molecule has 0 N–H and O–H groups in total. The predicted molar refractivity (Wildman–Crippen MR) is 154 cm³/mol. The Hall–Kier alpha value is -5.17. The van der Waals surface area contributed by atoms with Gasteiger partial charge in [-0.1, -0.05) is 91.0 Å². The summed E-state index contributed by atoms with van der Waals surface area (Å²) in [5, 5.41) is 0. The van der Waals surface area contributed by atoms with E-state index in [4.69, 9.17) is 4.74 Å². The Morgan fingerprint density at radius 1 is 0.810 bits per heavy atom. The third-order valence-electron chi connectivity index (χ3n) is 8.60. The molecule has 2 heterocycles. The topological polar surface area (TPSA) is 80.8 Å². The monoisotopic (exact) mass is 557 g/mol. The van der Waals surface area contributed by atoms with Crippen molar-refractivity contribution in [3.8, 4) is 5.75 Å². The molecule has 0 unspecified atom stereocenters. The zero-order valence-electron chi connectivity index (χ0n) is 22.5. The van der Waals surface area contributed by atoms with Gasteiger partial charge in [-0.3, -0.25) is 19.2 Å². The number of nitrogens with zero attached hydrogens (tertiary/aromatic N) is 1. The molecular weight excluding hydrogens is 533 g/mol. The van der Waals surface area contributed by atoms with Crippen LogP contribution in [-0.4, -0.2) is 35.4 Å². The SMILES string of the molecule is CC(=O)Oc1cccc2c1N1[C@@H](C(=O)c3ccccc3)[C@@H](c3ccc(F)cc3)C3(C(=O)c4ccccc4C3=O)[C@H]1C=C2. The third kappa shape index (κ3) is 3.49. The number of carbonyl (C=O) groups excluding carboxylic acids is 4. The molecular formula is C35H24FNO5. The molecule has 7 rings (SSSR count). The number of carbonyl (C=O) groups is 4. The van der Waals surface area contributed by atoms with Crippen LogP contribution >= 0.6 is 0 Å². The fourth-order valence-corrected chi connectivity index (χ4v) is 7.04. The molecule has 1 aliphatic carbocycles. The summed E-state index contributed by atoms with van der Waals surface area (Å²) < 4.78 is 19.9. The zero-order chi connectivity index (χ0) is 29.2. The molecule has 1 fully saturated rings. The Morgan fingerprint density at radius 3 is 2.10 bits per heavy atom. The first kappa shape index (κ1) is 25.8. The van der Waals surface area contributed by atoms with Gasteiger partial charge in [-0.2, -0.15) is 0 Å². The van der Waals surface area contributed by atoms with E-state index in [9.17, 15) is 23.6 Å². The Bertz CT molecular complexity index is 1790. The molecule has 3 atom stereocenters. The standard InChI is InChI=1S/C35H24FNO5/c1-20(38)42-27-13-7-10-22-16-19-28-35(33(40)25-11-5-6-12-26(25)34(35)41)29(21-14-17-24(36)18-15-21)31(37(28)30(22)27)32(39)23-8-3-2-4-9-23/h2-19,28-29,31H,1H3/t28-,29-,31-/m1/s1. The van der Waals surface area contributed by atoms with Gasteiger partial charge in [0.2, 0.25) is 0 Å². The summed E-state index contributed by atoms with van der Waals surface area (Å²) in [6.07, 6.45) is 3.59. The van der Waals surface area contributed by atoms with E-state index in [2.05, 4.69) is 0 Å². The lowest BCUT2D eigenvalue weighted by Crippen LogP contribution is -2.48. The Morgan fingerprint density at radius 2 is 1.45 bits per heavy atom. The first-order valence-corrected chi connectivity index (χ1v) is 13.7. The number of ketones is 3. The number of ether oxygens (including phenoxy) is 1. The average Bonchev–Trinajstić information content (AvgIpc) is 3.43. The normalized spacial score (nSPS) is 21.2. The van der Waals surface area contributed by atoms with Gasteiger partial charge in [0.05, 0.1) is 11.7 Å². The highest BCUT2D eigenvalue weighted by Gasteiger charge is 2.71. The lowest BCUT2D eigenvalue weighted by atomic mass is 9.64. The number of halogens is 1. The number of rotatable bonds is 4. The van der Waals surface area contributed by atoms with Crippen molar-refractivity contribution in [3.63, 3.8) is 0 Å². The quantitative estimate of drug-likeness (QED) is 0.131. The second kappa shape index (κ2) is 9.45. The summed E-state index contributed by atoms with van der Waals surface area (Å²) in [5.74, 6) is -2.92. The van der Waals surface area contributed by atoms with E-state index in [1.54, 1.807) is 83.8 Å². The summed E-state index contributed by atoms with van der Waals surface area (Å²) in [6, 6.07) is 24.2. The van der Waals surface area contributed by atoms with Crippen molar-refractivity contribution in [2.75, 3.05) is 4.90 Å². The van der Waals surface area contributed by atoms with E-state index in [1.807, 2.05) is 6.07 Å². The molecule has 206 valence electrons. The Kier molecular flexibility index (Phi) is 5.80. The number of hydrogen-bond acceptors (Lipinski definition) is 6. The number of Topliss-reactive ketones (excluding diaryl/α,β-unsaturated/α-hetero) is 3. The highest BCUT2D eigenvalue weighted by molar-refractivity contribution is 6.32. The molecule has 0 bridgehead atoms. The van der Waals surface area contributed by atoms with Gasteiger partial charge >= 0.3 is 5.97 Å². The highest BCUT2D eigenvalue weighted by atomic mass is 19.1. The molecule has 1 spiro atoms. The lowest BCUT2D eigenvalue weighted by molar-refractivity contribution is -0.131. The molecule has 3 aliphatic rings. The number of anilines is 1. The maximum atomic E-state index is 14.7. The van der Waals surface area contributed by atoms with Crippen LogP contribution in [-0.2, 0) is 4.79 Å². The van der Waals surface area contributed by atoms with E-state index < -0.39 is 46.8 Å². The van der Waals surface area contributed by atoms with Crippen LogP contribution < -0.4 is 9.64 Å². The molecule has 4 aromatic carbocycles. The smallest absolute Gasteiger partial charge is 0.308 e. The molecule has 0 radical (unpaired) electrons. The largest absolute Gasteiger partial charge is 0.424 e. The molecule has 0 saturated carbocycles. The minimum atomic E-state index is -1.74. The zero-order valence-corrected chi connectivity index (χ0v) is 22.5. The Labute approximate surface area is 241 Å². The first-order valence-electron chi connectivity index (χ1n) is 13.7. The summed E-state index contributed by atoms with van der Waals surface area (Å²) in [5.41, 5.74) is 0.811. The number of esters is 1. The van der Waals surface area contributed by atoms with Crippen LogP contribution in [0.4, 0.5) is 10.1 Å². The summed E-state index contributed by atoms with van der Waals surface area (Å²) in [6.45, 7) is 1.29. The molecule has 1 saturated heterocycles. The molecule has 42 heavy (non-hydrogen) atoms. The van der Waals surface area contributed by atoms with Gasteiger partial charge in [0.1, 0.15) is 17.3 Å². The molecule has 6 nitrogen and oxygen atoms in total. The first-order chi connectivity index (χ1) is 20.3. The lowest BCUT2D eigenvalue weighted by Gasteiger charge is -2.37. The number of hydrogen-bond donors (Lipinski definition) is 0. The van der Waals surface area contributed by atoms with Crippen molar-refractivity contribution in [2.24, 2.45) is 5.41 Å². The van der Waals surface area contributed by atoms with E-state index in [0.29, 0.717) is 22.4 Å². The second-order valence-electron chi connectivity index (χ2n) is 10.8. The van der Waals surface area contributed by atoms with Crippen molar-refractivity contribution in [3.05, 3.63) is 137 Å². The molecule has 0 aromatic heterocycles. The maximum Gasteiger partial charge on any atom is 0.308 e. The maximum absolute atomic E-state index is 14.7. The van der Waals surface area contributed by atoms with Gasteiger partial charge in [0.15, 0.2) is 23.1 Å². The summed E-state index contributed by atoms with van der Waals surface area (Å²) in [4.78, 5) is 57.9. The van der Waals surface area contributed by atoms with E-state index in [0.717, 1.165) is 0 Å². The van der Waals surface area contributed by atoms with Crippen molar-refractivity contribution < 1.29 is 28.3 Å². The fourth-order valence-electron chi connectivity index (χ4n) is 7.04. The van der Waals surface area contributed by atoms with Crippen LogP contribution in [0.25, 0.3) is 6.08 Å². The minimum absolute atomic E-state index is 0.213. The van der Waals surface area contributed by atoms with Crippen molar-refractivity contribution >= 4 is 35.1 Å². The van der Waals surface area contributed by atoms with Gasteiger partial charge < -0.3 is 9.64 Å². The van der Waals surface area contributed by atoms with Crippen LogP contribution in [0.5, 0.6) is 5.75 Å². The van der Waals surface area contributed by atoms with Crippen molar-refractivity contribution in [1.82, 2.24) is 0 Å². The fraction of sp³-hybridized carbons (Fsp3) is 0.143.